The van der Waals surface area contributed by atoms with Gasteiger partial charge in [0.25, 0.3) is 0 Å². The van der Waals surface area contributed by atoms with Crippen LogP contribution in [0.4, 0.5) is 0 Å². The van der Waals surface area contributed by atoms with E-state index in [1.807, 2.05) is 6.08 Å². The highest BCUT2D eigenvalue weighted by Gasteiger charge is 2.02. The number of hydrogen-bond acceptors (Lipinski definition) is 0. The fourth-order valence-corrected chi connectivity index (χ4v) is 1.32. The van der Waals surface area contributed by atoms with Crippen LogP contribution in [0.1, 0.15) is 6.42 Å². The highest BCUT2D eigenvalue weighted by molar-refractivity contribution is 9.09. The summed E-state index contributed by atoms with van der Waals surface area (Å²) in [6.45, 7) is 0. The summed E-state index contributed by atoms with van der Waals surface area (Å²) in [4.78, 5) is 0. The molecule has 0 saturated heterocycles. The fraction of sp³-hybridized carbons (Fsp3) is 0.429. The lowest BCUT2D eigenvalue weighted by molar-refractivity contribution is 1.03. The van der Waals surface area contributed by atoms with Gasteiger partial charge >= 0.3 is 0 Å². The second-order valence-corrected chi connectivity index (χ2v) is 3.14. The van der Waals surface area contributed by atoms with Gasteiger partial charge in [-0.2, -0.15) is 0 Å². The summed E-state index contributed by atoms with van der Waals surface area (Å²) < 4.78 is 0. The molecule has 50 valence electrons. The number of alkyl halides is 2. The molecule has 0 radical (unpaired) electrons. The molecule has 0 fully saturated rings. The van der Waals surface area contributed by atoms with Gasteiger partial charge in [0.2, 0.25) is 0 Å². The van der Waals surface area contributed by atoms with Crippen molar-refractivity contribution >= 4 is 27.5 Å². The Balaban J connectivity index is 2.52. The first-order valence-electron chi connectivity index (χ1n) is 2.90. The van der Waals surface area contributed by atoms with E-state index in [0.717, 1.165) is 11.8 Å². The third kappa shape index (κ3) is 2.15. The summed E-state index contributed by atoms with van der Waals surface area (Å²) in [6.07, 6.45) is 7.22. The Morgan fingerprint density at radius 1 is 1.78 bits per heavy atom. The molecule has 0 nitrogen and oxygen atoms in total. The molecular weight excluding hydrogens is 199 g/mol. The second kappa shape index (κ2) is 3.43. The Hall–Kier alpha value is 0.250. The maximum atomic E-state index is 5.79. The van der Waals surface area contributed by atoms with Gasteiger partial charge in [0.05, 0.1) is 5.38 Å². The van der Waals surface area contributed by atoms with Crippen LogP contribution < -0.4 is 0 Å². The first-order chi connectivity index (χ1) is 4.33. The Morgan fingerprint density at radius 3 is 3.00 bits per heavy atom. The van der Waals surface area contributed by atoms with Gasteiger partial charge in [-0.25, -0.2) is 0 Å². The summed E-state index contributed by atoms with van der Waals surface area (Å²) in [5.74, 6) is 0. The van der Waals surface area contributed by atoms with Crippen LogP contribution in [0.3, 0.4) is 0 Å². The Morgan fingerprint density at radius 2 is 2.56 bits per heavy atom. The molecular formula is C7H8BrCl. The third-order valence-electron chi connectivity index (χ3n) is 1.28. The van der Waals surface area contributed by atoms with Crippen molar-refractivity contribution < 1.29 is 0 Å². The minimum atomic E-state index is 0.216. The molecule has 0 N–H and O–H groups in total. The van der Waals surface area contributed by atoms with E-state index in [9.17, 15) is 0 Å². The fourth-order valence-electron chi connectivity index (χ4n) is 0.738. The molecule has 0 aromatic rings. The van der Waals surface area contributed by atoms with Crippen molar-refractivity contribution in [2.75, 3.05) is 5.33 Å². The summed E-state index contributed by atoms with van der Waals surface area (Å²) in [5, 5.41) is 1.15. The SMILES string of the molecule is ClC1C=CC(CBr)=CC1. The topological polar surface area (TPSA) is 0 Å². The van der Waals surface area contributed by atoms with Crippen molar-refractivity contribution in [3.63, 3.8) is 0 Å². The maximum absolute atomic E-state index is 5.79. The largest absolute Gasteiger partial charge is 0.118 e. The normalized spacial score (nSPS) is 26.0. The molecule has 1 atom stereocenters. The van der Waals surface area contributed by atoms with Crippen molar-refractivity contribution in [2.45, 2.75) is 11.8 Å². The molecule has 0 bridgehead atoms. The minimum absolute atomic E-state index is 0.216. The molecule has 0 amide bonds. The molecule has 1 rings (SSSR count). The van der Waals surface area contributed by atoms with Crippen LogP contribution in [0.2, 0.25) is 0 Å². The lowest BCUT2D eigenvalue weighted by Gasteiger charge is -2.06. The van der Waals surface area contributed by atoms with E-state index in [1.165, 1.54) is 5.57 Å². The number of rotatable bonds is 1. The van der Waals surface area contributed by atoms with E-state index in [2.05, 4.69) is 28.1 Å². The van der Waals surface area contributed by atoms with Crippen LogP contribution in [0, 0.1) is 0 Å². The van der Waals surface area contributed by atoms with E-state index in [1.54, 1.807) is 0 Å². The van der Waals surface area contributed by atoms with Crippen molar-refractivity contribution in [3.05, 3.63) is 23.8 Å². The molecule has 1 aliphatic rings. The molecule has 1 unspecified atom stereocenters. The third-order valence-corrected chi connectivity index (χ3v) is 2.25. The van der Waals surface area contributed by atoms with Crippen molar-refractivity contribution in [1.82, 2.24) is 0 Å². The summed E-state index contributed by atoms with van der Waals surface area (Å²) in [5.41, 5.74) is 1.33. The van der Waals surface area contributed by atoms with Crippen molar-refractivity contribution in [3.8, 4) is 0 Å². The Kier molecular flexibility index (Phi) is 2.80. The van der Waals surface area contributed by atoms with Crippen LogP contribution in [0.25, 0.3) is 0 Å². The molecule has 0 aromatic heterocycles. The first-order valence-corrected chi connectivity index (χ1v) is 4.46. The van der Waals surface area contributed by atoms with Gasteiger partial charge in [0.15, 0.2) is 0 Å². The first kappa shape index (κ1) is 7.36. The lowest BCUT2D eigenvalue weighted by Crippen LogP contribution is -1.97. The van der Waals surface area contributed by atoms with E-state index in [4.69, 9.17) is 11.6 Å². The molecule has 0 heterocycles. The van der Waals surface area contributed by atoms with Crippen LogP contribution in [0.15, 0.2) is 23.8 Å². The molecule has 0 aromatic carbocycles. The van der Waals surface area contributed by atoms with E-state index in [-0.39, 0.29) is 5.38 Å². The molecule has 1 aliphatic carbocycles. The molecule has 0 aliphatic heterocycles. The Bertz CT molecular complexity index is 149. The smallest absolute Gasteiger partial charge is 0.0553 e. The van der Waals surface area contributed by atoms with Crippen LogP contribution >= 0.6 is 27.5 Å². The van der Waals surface area contributed by atoms with Gasteiger partial charge in [0, 0.05) is 5.33 Å². The standard InChI is InChI=1S/C7H8BrCl/c8-5-6-1-3-7(9)4-2-6/h1-3,7H,4-5H2. The zero-order chi connectivity index (χ0) is 6.69. The van der Waals surface area contributed by atoms with Gasteiger partial charge in [0.1, 0.15) is 0 Å². The van der Waals surface area contributed by atoms with E-state index >= 15 is 0 Å². The van der Waals surface area contributed by atoms with Gasteiger partial charge in [-0.05, 0) is 12.0 Å². The monoisotopic (exact) mass is 206 g/mol. The number of allylic oxidation sites excluding steroid dienone is 4. The van der Waals surface area contributed by atoms with Gasteiger partial charge in [-0.15, -0.1) is 11.6 Å². The van der Waals surface area contributed by atoms with Crippen LogP contribution in [0.5, 0.6) is 0 Å². The predicted molar refractivity (Wildman–Crippen MR) is 45.3 cm³/mol. The van der Waals surface area contributed by atoms with Crippen LogP contribution in [-0.4, -0.2) is 10.7 Å². The second-order valence-electron chi connectivity index (χ2n) is 2.02. The van der Waals surface area contributed by atoms with Gasteiger partial charge < -0.3 is 0 Å². The zero-order valence-corrected chi connectivity index (χ0v) is 7.32. The Labute approximate surface area is 68.7 Å². The molecule has 9 heavy (non-hydrogen) atoms. The highest BCUT2D eigenvalue weighted by Crippen LogP contribution is 2.15. The summed E-state index contributed by atoms with van der Waals surface area (Å²) in [6, 6.07) is 0. The van der Waals surface area contributed by atoms with E-state index < -0.39 is 0 Å². The maximum Gasteiger partial charge on any atom is 0.0553 e. The van der Waals surface area contributed by atoms with Crippen molar-refractivity contribution in [1.29, 1.82) is 0 Å². The predicted octanol–water partition coefficient (Wildman–Crippen LogP) is 2.88. The van der Waals surface area contributed by atoms with Crippen molar-refractivity contribution in [2.24, 2.45) is 0 Å². The molecule has 0 saturated carbocycles. The highest BCUT2D eigenvalue weighted by atomic mass is 79.9. The number of halogens is 2. The van der Waals surface area contributed by atoms with Gasteiger partial charge in [-0.1, -0.05) is 34.2 Å². The zero-order valence-electron chi connectivity index (χ0n) is 4.98. The minimum Gasteiger partial charge on any atom is -0.118 e. The van der Waals surface area contributed by atoms with Gasteiger partial charge in [-0.3, -0.25) is 0 Å². The number of hydrogen-bond donors (Lipinski definition) is 0. The average Bonchev–Trinajstić information content (AvgIpc) is 1.90. The average molecular weight is 207 g/mol. The lowest BCUT2D eigenvalue weighted by atomic mass is 10.1. The summed E-state index contributed by atoms with van der Waals surface area (Å²) >= 11 is 9.16. The van der Waals surface area contributed by atoms with E-state index in [0.29, 0.717) is 0 Å². The quantitative estimate of drug-likeness (QED) is 0.580. The summed E-state index contributed by atoms with van der Waals surface area (Å²) in [7, 11) is 0. The van der Waals surface area contributed by atoms with Crippen LogP contribution in [-0.2, 0) is 0 Å². The molecule has 0 spiro atoms. The molecule has 2 heteroatoms.